The highest BCUT2D eigenvalue weighted by Gasteiger charge is 2.37. The second-order valence-electron chi connectivity index (χ2n) is 19.9. The first-order valence-corrected chi connectivity index (χ1v) is 25.1. The number of hydrogen-bond acceptors (Lipinski definition) is 12. The van der Waals surface area contributed by atoms with Crippen molar-refractivity contribution in [2.75, 3.05) is 82.6 Å². The lowest BCUT2D eigenvalue weighted by Gasteiger charge is -2.43. The van der Waals surface area contributed by atoms with E-state index in [2.05, 4.69) is 62.6 Å². The number of nitrogens with zero attached hydrogens (tertiary/aromatic N) is 10. The fourth-order valence-corrected chi connectivity index (χ4v) is 11.8. The number of amides is 4. The highest BCUT2D eigenvalue weighted by molar-refractivity contribution is 6.00. The summed E-state index contributed by atoms with van der Waals surface area (Å²) in [4.78, 5) is 61.3. The number of piperazine rings is 1. The van der Waals surface area contributed by atoms with Gasteiger partial charge in [0.25, 0.3) is 0 Å². The predicted octanol–water partition coefficient (Wildman–Crippen LogP) is 6.13. The van der Waals surface area contributed by atoms with Crippen LogP contribution < -0.4 is 20.7 Å². The number of aromatic nitrogens is 4. The highest BCUT2D eigenvalue weighted by Crippen LogP contribution is 2.37. The van der Waals surface area contributed by atoms with Crippen molar-refractivity contribution in [3.05, 3.63) is 90.3 Å². The molecule has 0 saturated carbocycles. The highest BCUT2D eigenvalue weighted by atomic mass is 16.5. The van der Waals surface area contributed by atoms with Crippen molar-refractivity contribution in [1.29, 1.82) is 0 Å². The molecule has 4 amide bonds. The first kappa shape index (κ1) is 44.4. The first-order valence-electron chi connectivity index (χ1n) is 25.1. The van der Waals surface area contributed by atoms with Gasteiger partial charge in [-0.2, -0.15) is 5.10 Å². The standard InChI is InChI=1S/C52H64N12O4/c53-49-47-48(37-9-12-44(13-10-37)68-43-6-2-1-3-7-43)57-64(50(47)55-35-54-49)42-5-4-21-62(34-42)40-19-25-61(26-20-40)52(67)60-23-17-36(18-24-60)16-22-58-27-29-59(30-28-58)41-11-8-38-32-63(33-39(38)31-41)45-14-15-46(65)56-51(45)66/h1-3,6-13,31,35-36,40,42,45H,4-5,14-30,32-34H2,(H2,53,54,55)(H,56,65,66)/t42-,45?/m1/s1. The smallest absolute Gasteiger partial charge is 0.319 e. The van der Waals surface area contributed by atoms with E-state index >= 15 is 0 Å². The summed E-state index contributed by atoms with van der Waals surface area (Å²) >= 11 is 0. The minimum atomic E-state index is -0.229. The van der Waals surface area contributed by atoms with E-state index in [1.807, 2.05) is 54.6 Å². The Balaban J connectivity index is 0.619. The fourth-order valence-electron chi connectivity index (χ4n) is 11.8. The molecular formula is C52H64N12O4. The largest absolute Gasteiger partial charge is 0.457 e. The van der Waals surface area contributed by atoms with Gasteiger partial charge in [0.15, 0.2) is 5.65 Å². The van der Waals surface area contributed by atoms with Crippen LogP contribution in [0.2, 0.25) is 0 Å². The average molecular weight is 921 g/mol. The number of para-hydroxylation sites is 1. The maximum atomic E-state index is 13.8. The second-order valence-corrected chi connectivity index (χ2v) is 19.9. The van der Waals surface area contributed by atoms with Gasteiger partial charge in [-0.3, -0.25) is 29.6 Å². The molecule has 0 radical (unpaired) electrons. The molecule has 356 valence electrons. The Hall–Kier alpha value is -6.10. The average Bonchev–Trinajstić information content (AvgIpc) is 3.99. The van der Waals surface area contributed by atoms with Gasteiger partial charge in [-0.05, 0) is 130 Å². The van der Waals surface area contributed by atoms with Crippen molar-refractivity contribution < 1.29 is 19.1 Å². The van der Waals surface area contributed by atoms with Crippen LogP contribution in [0.1, 0.15) is 75.0 Å². The van der Waals surface area contributed by atoms with Gasteiger partial charge in [0.05, 0.1) is 17.5 Å². The van der Waals surface area contributed by atoms with Gasteiger partial charge in [-0.15, -0.1) is 0 Å². The van der Waals surface area contributed by atoms with Crippen molar-refractivity contribution >= 4 is 40.4 Å². The van der Waals surface area contributed by atoms with Crippen LogP contribution in [-0.2, 0) is 22.7 Å². The molecule has 3 N–H and O–H groups in total. The van der Waals surface area contributed by atoms with Crippen molar-refractivity contribution in [2.45, 2.75) is 89.0 Å². The quantitative estimate of drug-likeness (QED) is 0.155. The number of rotatable bonds is 10. The summed E-state index contributed by atoms with van der Waals surface area (Å²) in [7, 11) is 0. The molecule has 6 aliphatic rings. The summed E-state index contributed by atoms with van der Waals surface area (Å²) in [6.45, 7) is 12.0. The number of carbonyl (C=O) groups is 3. The van der Waals surface area contributed by atoms with Gasteiger partial charge in [-0.1, -0.05) is 24.3 Å². The minimum Gasteiger partial charge on any atom is -0.457 e. The number of piperidine rings is 4. The van der Waals surface area contributed by atoms with Crippen LogP contribution in [0.25, 0.3) is 22.3 Å². The third kappa shape index (κ3) is 9.37. The molecule has 0 bridgehead atoms. The normalized spacial score (nSPS) is 22.7. The van der Waals surface area contributed by atoms with E-state index in [-0.39, 0.29) is 29.9 Å². The number of urea groups is 1. The number of carbonyl (C=O) groups excluding carboxylic acids is 3. The topological polar surface area (TPSA) is 162 Å². The van der Waals surface area contributed by atoms with Crippen LogP contribution in [0.5, 0.6) is 11.5 Å². The third-order valence-corrected chi connectivity index (χ3v) is 15.7. The van der Waals surface area contributed by atoms with E-state index in [1.54, 1.807) is 0 Å². The van der Waals surface area contributed by atoms with Crippen molar-refractivity contribution in [3.8, 4) is 22.8 Å². The van der Waals surface area contributed by atoms with E-state index in [9.17, 15) is 14.4 Å². The zero-order valence-electron chi connectivity index (χ0n) is 39.1. The molecule has 16 nitrogen and oxygen atoms in total. The molecule has 11 rings (SSSR count). The molecule has 6 aliphatic heterocycles. The molecule has 0 spiro atoms. The Bertz CT molecular complexity index is 2600. The van der Waals surface area contributed by atoms with Crippen LogP contribution >= 0.6 is 0 Å². The molecule has 3 aromatic carbocycles. The molecule has 5 fully saturated rings. The number of fused-ring (bicyclic) bond motifs is 2. The molecule has 2 aromatic heterocycles. The van der Waals surface area contributed by atoms with Gasteiger partial charge in [-0.25, -0.2) is 19.4 Å². The van der Waals surface area contributed by atoms with Crippen LogP contribution in [0.4, 0.5) is 16.3 Å². The lowest BCUT2D eigenvalue weighted by molar-refractivity contribution is -0.137. The van der Waals surface area contributed by atoms with E-state index in [0.29, 0.717) is 30.6 Å². The molecule has 5 aromatic rings. The van der Waals surface area contributed by atoms with Crippen LogP contribution in [0.3, 0.4) is 0 Å². The molecule has 1 unspecified atom stereocenters. The maximum absolute atomic E-state index is 13.8. The number of likely N-dealkylation sites (tertiary alicyclic amines) is 3. The maximum Gasteiger partial charge on any atom is 0.319 e. The summed E-state index contributed by atoms with van der Waals surface area (Å²) in [5.41, 5.74) is 12.8. The molecule has 5 saturated heterocycles. The lowest BCUT2D eigenvalue weighted by atomic mass is 9.93. The lowest BCUT2D eigenvalue weighted by Crippen LogP contribution is -2.53. The number of imide groups is 1. The fraction of sp³-hybridized carbons (Fsp3) is 0.500. The van der Waals surface area contributed by atoms with Crippen LogP contribution in [-0.4, -0.2) is 146 Å². The van der Waals surface area contributed by atoms with Gasteiger partial charge in [0.1, 0.15) is 29.3 Å². The number of nitrogens with two attached hydrogens (primary N) is 1. The summed E-state index contributed by atoms with van der Waals surface area (Å²) < 4.78 is 8.13. The van der Waals surface area contributed by atoms with Gasteiger partial charge in [0.2, 0.25) is 11.8 Å². The minimum absolute atomic E-state index is 0.152. The van der Waals surface area contributed by atoms with Gasteiger partial charge < -0.3 is 25.2 Å². The molecule has 2 atom stereocenters. The molecule has 68 heavy (non-hydrogen) atoms. The van der Waals surface area contributed by atoms with Crippen molar-refractivity contribution in [2.24, 2.45) is 5.92 Å². The number of nitrogens with one attached hydrogen (secondary N) is 1. The predicted molar refractivity (Wildman–Crippen MR) is 261 cm³/mol. The molecular weight excluding hydrogens is 857 g/mol. The van der Waals surface area contributed by atoms with E-state index in [4.69, 9.17) is 20.6 Å². The third-order valence-electron chi connectivity index (χ3n) is 15.7. The number of nitrogen functional groups attached to an aromatic ring is 1. The number of hydrogen-bond donors (Lipinski definition) is 2. The van der Waals surface area contributed by atoms with E-state index in [1.165, 1.54) is 29.6 Å². The van der Waals surface area contributed by atoms with E-state index in [0.717, 1.165) is 157 Å². The first-order chi connectivity index (χ1) is 33.3. The zero-order chi connectivity index (χ0) is 46.1. The Labute approximate surface area is 398 Å². The number of benzene rings is 3. The van der Waals surface area contributed by atoms with Crippen LogP contribution in [0, 0.1) is 5.92 Å². The summed E-state index contributed by atoms with van der Waals surface area (Å²) in [5.74, 6) is 2.30. The number of anilines is 2. The summed E-state index contributed by atoms with van der Waals surface area (Å²) in [5, 5.41) is 8.49. The molecule has 8 heterocycles. The Kier molecular flexibility index (Phi) is 12.7. The Morgan fingerprint density at radius 2 is 1.47 bits per heavy atom. The van der Waals surface area contributed by atoms with Gasteiger partial charge >= 0.3 is 6.03 Å². The van der Waals surface area contributed by atoms with Gasteiger partial charge in [0, 0.05) is 95.7 Å². The van der Waals surface area contributed by atoms with Crippen LogP contribution in [0.15, 0.2) is 79.1 Å². The van der Waals surface area contributed by atoms with E-state index < -0.39 is 0 Å². The van der Waals surface area contributed by atoms with Crippen molar-refractivity contribution in [3.63, 3.8) is 0 Å². The monoisotopic (exact) mass is 921 g/mol. The molecule has 16 heteroatoms. The summed E-state index contributed by atoms with van der Waals surface area (Å²) in [6.07, 6.45) is 9.94. The second kappa shape index (κ2) is 19.5. The summed E-state index contributed by atoms with van der Waals surface area (Å²) in [6, 6.07) is 25.1. The Morgan fingerprint density at radius 1 is 0.735 bits per heavy atom. The molecule has 0 aliphatic carbocycles. The number of ether oxygens (including phenoxy) is 1. The van der Waals surface area contributed by atoms with Crippen molar-refractivity contribution in [1.82, 2.24) is 49.6 Å². The zero-order valence-corrected chi connectivity index (χ0v) is 39.1. The Morgan fingerprint density at radius 3 is 2.24 bits per heavy atom. The SMILES string of the molecule is Nc1ncnc2c1c(-c1ccc(Oc3ccccc3)cc1)nn2[C@@H]1CCCN(C2CCN(C(=O)N3CCC(CCN4CCN(c5ccc6c(c5)CN(C5CCC(=O)NC5=O)C6)CC4)CC3)CC2)C1.